The number of aryl methyl sites for hydroxylation is 1. The van der Waals surface area contributed by atoms with Crippen LogP contribution in [0.2, 0.25) is 1.41 Å². The van der Waals surface area contributed by atoms with Gasteiger partial charge in [-0.1, -0.05) is 17.7 Å². The van der Waals surface area contributed by atoms with E-state index in [-0.39, 0.29) is 5.91 Å². The van der Waals surface area contributed by atoms with Gasteiger partial charge in [-0.25, -0.2) is 0 Å². The number of nitrogens with one attached hydrogen (secondary N) is 1. The maximum Gasteiger partial charge on any atom is 0.253 e. The van der Waals surface area contributed by atoms with Crippen LogP contribution in [0.3, 0.4) is 0 Å². The zero-order valence-electron chi connectivity index (χ0n) is 9.94. The van der Waals surface area contributed by atoms with Crippen LogP contribution in [-0.4, -0.2) is 37.0 Å². The predicted molar refractivity (Wildman–Crippen MR) is 60.0 cm³/mol. The second-order valence-electron chi connectivity index (χ2n) is 3.83. The van der Waals surface area contributed by atoms with E-state index in [1.807, 2.05) is 36.1 Å². The van der Waals surface area contributed by atoms with Crippen LogP contribution in [0.1, 0.15) is 15.9 Å². The van der Waals surface area contributed by atoms with E-state index in [4.69, 9.17) is 1.41 Å². The standard InChI is InChI=1S/C12H16N2O/c1-10-3-2-4-11(9-10)12(15)14-7-5-13-6-8-14/h2-4,9,13H,5-8H2,1H3/i/hD. The van der Waals surface area contributed by atoms with Crippen LogP contribution in [0, 0.1) is 6.92 Å². The van der Waals surface area contributed by atoms with Crippen molar-refractivity contribution in [2.24, 2.45) is 0 Å². The number of benzene rings is 1. The van der Waals surface area contributed by atoms with Crippen molar-refractivity contribution in [3.63, 3.8) is 0 Å². The number of piperazine rings is 1. The van der Waals surface area contributed by atoms with Crippen LogP contribution in [-0.2, 0) is 0 Å². The molecule has 3 heteroatoms. The monoisotopic (exact) mass is 205 g/mol. The quantitative estimate of drug-likeness (QED) is 0.743. The molecule has 0 bridgehead atoms. The average Bonchev–Trinajstić information content (AvgIpc) is 2.29. The zero-order chi connectivity index (χ0) is 11.5. The first-order valence-electron chi connectivity index (χ1n) is 5.71. The van der Waals surface area contributed by atoms with Crippen molar-refractivity contribution in [3.8, 4) is 0 Å². The van der Waals surface area contributed by atoms with E-state index in [9.17, 15) is 4.79 Å². The lowest BCUT2D eigenvalue weighted by atomic mass is 10.1. The Morgan fingerprint density at radius 1 is 1.47 bits per heavy atom. The number of carbonyl (C=O) groups is 1. The summed E-state index contributed by atoms with van der Waals surface area (Å²) in [6.07, 6.45) is 0. The van der Waals surface area contributed by atoms with Gasteiger partial charge < -0.3 is 10.2 Å². The lowest BCUT2D eigenvalue weighted by molar-refractivity contribution is 0.0735. The molecule has 1 fully saturated rings. The average molecular weight is 205 g/mol. The van der Waals surface area contributed by atoms with Crippen molar-refractivity contribution in [2.45, 2.75) is 6.92 Å². The fraction of sp³-hybridized carbons (Fsp3) is 0.417. The molecule has 0 atom stereocenters. The number of rotatable bonds is 1. The molecule has 1 N–H and O–H groups in total. The maximum absolute atomic E-state index is 12.1. The summed E-state index contributed by atoms with van der Waals surface area (Å²) in [5.41, 5.74) is 1.85. The Morgan fingerprint density at radius 2 is 2.20 bits per heavy atom. The summed E-state index contributed by atoms with van der Waals surface area (Å²) < 4.78 is 7.44. The molecule has 1 aromatic carbocycles. The first kappa shape index (κ1) is 8.92. The number of carbonyl (C=O) groups excluding carboxylic acids is 1. The number of amides is 1. The van der Waals surface area contributed by atoms with Gasteiger partial charge in [0.1, 0.15) is 1.41 Å². The van der Waals surface area contributed by atoms with Crippen molar-refractivity contribution >= 4 is 5.91 Å². The lowest BCUT2D eigenvalue weighted by Gasteiger charge is -2.27. The molecule has 0 unspecified atom stereocenters. The second-order valence-corrected chi connectivity index (χ2v) is 3.83. The molecule has 15 heavy (non-hydrogen) atoms. The lowest BCUT2D eigenvalue weighted by Crippen LogP contribution is -2.46. The minimum atomic E-state index is 0.0804. The topological polar surface area (TPSA) is 32.3 Å². The molecule has 0 spiro atoms. The summed E-state index contributed by atoms with van der Waals surface area (Å²) in [5.74, 6) is 0.0804. The van der Waals surface area contributed by atoms with Crippen LogP contribution >= 0.6 is 0 Å². The molecule has 1 aliphatic heterocycles. The van der Waals surface area contributed by atoms with E-state index in [1.54, 1.807) is 0 Å². The highest BCUT2D eigenvalue weighted by Gasteiger charge is 2.17. The molecule has 1 aromatic rings. The minimum absolute atomic E-state index is 0.0804. The third-order valence-corrected chi connectivity index (χ3v) is 2.61. The van der Waals surface area contributed by atoms with Crippen LogP contribution in [0.25, 0.3) is 0 Å². The summed E-state index contributed by atoms with van der Waals surface area (Å²) in [5, 5.41) is 1.50. The highest BCUT2D eigenvalue weighted by Crippen LogP contribution is 2.08. The summed E-state index contributed by atoms with van der Waals surface area (Å²) >= 11 is 0. The molecule has 0 aromatic heterocycles. The third-order valence-electron chi connectivity index (χ3n) is 2.61. The van der Waals surface area contributed by atoms with E-state index < -0.39 is 0 Å². The predicted octanol–water partition coefficient (Wildman–Crippen LogP) is 1.04. The van der Waals surface area contributed by atoms with Crippen molar-refractivity contribution in [2.75, 3.05) is 26.2 Å². The van der Waals surface area contributed by atoms with Gasteiger partial charge in [-0.05, 0) is 19.1 Å². The van der Waals surface area contributed by atoms with Gasteiger partial charge in [0.2, 0.25) is 0 Å². The van der Waals surface area contributed by atoms with E-state index in [0.29, 0.717) is 26.2 Å². The first-order chi connectivity index (χ1) is 7.66. The van der Waals surface area contributed by atoms with Gasteiger partial charge in [0, 0.05) is 31.7 Å². The SMILES string of the molecule is [2H]N1CCN(C(=O)c2cccc(C)c2)CC1. The van der Waals surface area contributed by atoms with Crippen LogP contribution in [0.4, 0.5) is 0 Å². The number of hydrogen-bond donors (Lipinski definition) is 1. The molecule has 80 valence electrons. The van der Waals surface area contributed by atoms with Crippen molar-refractivity contribution in [1.29, 1.82) is 0 Å². The van der Waals surface area contributed by atoms with E-state index in [1.165, 1.54) is 5.31 Å². The Morgan fingerprint density at radius 3 is 2.87 bits per heavy atom. The number of nitrogens with zero attached hydrogens (tertiary/aromatic N) is 1. The molecule has 1 amide bonds. The maximum atomic E-state index is 12.1. The third kappa shape index (κ3) is 2.36. The van der Waals surface area contributed by atoms with Gasteiger partial charge in [0.05, 0.1) is 0 Å². The molecular weight excluding hydrogens is 188 g/mol. The molecular formula is C12H16N2O. The van der Waals surface area contributed by atoms with Gasteiger partial charge >= 0.3 is 0 Å². The van der Waals surface area contributed by atoms with Gasteiger partial charge in [0.15, 0.2) is 0 Å². The smallest absolute Gasteiger partial charge is 0.253 e. The summed E-state index contributed by atoms with van der Waals surface area (Å²) in [6.45, 7) is 4.56. The molecule has 1 saturated heterocycles. The highest BCUT2D eigenvalue weighted by atomic mass is 16.2. The van der Waals surface area contributed by atoms with Crippen molar-refractivity contribution < 1.29 is 6.21 Å². The summed E-state index contributed by atoms with van der Waals surface area (Å²) in [7, 11) is 0. The van der Waals surface area contributed by atoms with Gasteiger partial charge in [-0.15, -0.1) is 0 Å². The van der Waals surface area contributed by atoms with Gasteiger partial charge in [0.25, 0.3) is 5.91 Å². The fourth-order valence-electron chi connectivity index (χ4n) is 1.77. The molecule has 1 aliphatic rings. The largest absolute Gasteiger partial charge is 0.336 e. The molecule has 0 radical (unpaired) electrons. The van der Waals surface area contributed by atoms with Crippen LogP contribution in [0.15, 0.2) is 24.3 Å². The van der Waals surface area contributed by atoms with Crippen LogP contribution < -0.4 is 5.31 Å². The van der Waals surface area contributed by atoms with Crippen molar-refractivity contribution in [3.05, 3.63) is 35.4 Å². The van der Waals surface area contributed by atoms with Crippen LogP contribution in [0.5, 0.6) is 0 Å². The molecule has 3 nitrogen and oxygen atoms in total. The Bertz CT molecular complexity index is 386. The zero-order valence-corrected chi connectivity index (χ0v) is 8.94. The Kier molecular flexibility index (Phi) is 2.64. The second kappa shape index (κ2) is 4.45. The van der Waals surface area contributed by atoms with Gasteiger partial charge in [-0.2, -0.15) is 0 Å². The Hall–Kier alpha value is -1.35. The summed E-state index contributed by atoms with van der Waals surface area (Å²) in [6, 6.07) is 7.65. The fourth-order valence-corrected chi connectivity index (χ4v) is 1.77. The van der Waals surface area contributed by atoms with Gasteiger partial charge in [-0.3, -0.25) is 4.79 Å². The number of hydrogen-bond acceptors (Lipinski definition) is 2. The first-order valence-corrected chi connectivity index (χ1v) is 5.26. The highest BCUT2D eigenvalue weighted by molar-refractivity contribution is 5.94. The molecule has 0 saturated carbocycles. The van der Waals surface area contributed by atoms with E-state index in [2.05, 4.69) is 0 Å². The molecule has 2 rings (SSSR count). The Labute approximate surface area is 91.5 Å². The Balaban J connectivity index is 2.08. The molecule has 0 aliphatic carbocycles. The van der Waals surface area contributed by atoms with Crippen molar-refractivity contribution in [1.82, 2.24) is 10.2 Å². The summed E-state index contributed by atoms with van der Waals surface area (Å²) in [4.78, 5) is 13.9. The molecule has 1 heterocycles. The van der Waals surface area contributed by atoms with E-state index >= 15 is 0 Å². The van der Waals surface area contributed by atoms with E-state index in [0.717, 1.165) is 11.1 Å². The minimum Gasteiger partial charge on any atom is -0.336 e. The normalized spacial score (nSPS) is 18.7.